The van der Waals surface area contributed by atoms with Gasteiger partial charge in [-0.25, -0.2) is 4.79 Å². The minimum absolute atomic E-state index is 0.0642. The van der Waals surface area contributed by atoms with Crippen LogP contribution >= 0.6 is 0 Å². The summed E-state index contributed by atoms with van der Waals surface area (Å²) in [6.07, 6.45) is 0. The van der Waals surface area contributed by atoms with E-state index < -0.39 is 5.97 Å². The van der Waals surface area contributed by atoms with E-state index in [9.17, 15) is 4.79 Å². The Morgan fingerprint density at radius 1 is 0.688 bits per heavy atom. The Kier molecular flexibility index (Phi) is 7.90. The lowest BCUT2D eigenvalue weighted by Gasteiger charge is -2.13. The molecule has 0 aliphatic carbocycles. The van der Waals surface area contributed by atoms with Crippen LogP contribution in [-0.4, -0.2) is 24.3 Å². The van der Waals surface area contributed by atoms with Gasteiger partial charge in [-0.2, -0.15) is 0 Å². The molecule has 0 fully saturated rings. The molecule has 0 saturated heterocycles. The number of rotatable bonds is 9. The Balaban J connectivity index is 1.80. The molecule has 0 radical (unpaired) electrons. The molecular formula is C27H30O5. The summed E-state index contributed by atoms with van der Waals surface area (Å²) in [4.78, 5) is 12.4. The maximum absolute atomic E-state index is 12.4. The van der Waals surface area contributed by atoms with Gasteiger partial charge in [-0.1, -0.05) is 58.7 Å². The van der Waals surface area contributed by atoms with E-state index in [1.807, 2.05) is 27.7 Å². The fourth-order valence-electron chi connectivity index (χ4n) is 3.72. The molecule has 0 aliphatic heterocycles. The van der Waals surface area contributed by atoms with Crippen molar-refractivity contribution in [2.45, 2.75) is 40.9 Å². The summed E-state index contributed by atoms with van der Waals surface area (Å²) in [7, 11) is 0. The minimum Gasteiger partial charge on any atom is -0.489 e. The van der Waals surface area contributed by atoms with Gasteiger partial charge in [0.15, 0.2) is 0 Å². The van der Waals surface area contributed by atoms with E-state index in [0.29, 0.717) is 30.3 Å². The second-order valence-corrected chi connectivity index (χ2v) is 8.12. The highest BCUT2D eigenvalue weighted by molar-refractivity contribution is 5.90. The molecule has 0 aromatic heterocycles. The van der Waals surface area contributed by atoms with Gasteiger partial charge in [0.25, 0.3) is 0 Å². The normalized spacial score (nSPS) is 10.7. The molecule has 0 amide bonds. The molecule has 3 rings (SSSR count). The number of esters is 1. The number of carbonyl (C=O) groups is 1. The Morgan fingerprint density at radius 2 is 1.12 bits per heavy atom. The third-order valence-corrected chi connectivity index (χ3v) is 4.81. The van der Waals surface area contributed by atoms with Gasteiger partial charge in [-0.3, -0.25) is 0 Å². The highest BCUT2D eigenvalue weighted by Crippen LogP contribution is 2.26. The van der Waals surface area contributed by atoms with Crippen LogP contribution in [0.4, 0.5) is 0 Å². The molecule has 0 aliphatic rings. The number of benzene rings is 3. The van der Waals surface area contributed by atoms with Gasteiger partial charge in [0.1, 0.15) is 31.3 Å². The predicted molar refractivity (Wildman–Crippen MR) is 124 cm³/mol. The molecule has 5 heteroatoms. The number of ether oxygens (including phenoxy) is 3. The van der Waals surface area contributed by atoms with Gasteiger partial charge in [0.05, 0.1) is 12.2 Å². The Morgan fingerprint density at radius 3 is 1.53 bits per heavy atom. The van der Waals surface area contributed by atoms with Crippen molar-refractivity contribution in [3.8, 4) is 11.5 Å². The quantitative estimate of drug-likeness (QED) is 0.467. The topological polar surface area (TPSA) is 65.0 Å². The monoisotopic (exact) mass is 434 g/mol. The zero-order valence-electron chi connectivity index (χ0n) is 19.1. The predicted octanol–water partition coefficient (Wildman–Crippen LogP) is 5.23. The van der Waals surface area contributed by atoms with E-state index in [1.54, 1.807) is 18.2 Å². The first-order chi connectivity index (χ1) is 15.3. The van der Waals surface area contributed by atoms with Crippen LogP contribution in [0.25, 0.3) is 0 Å². The van der Waals surface area contributed by atoms with Crippen LogP contribution in [0.2, 0.25) is 0 Å². The van der Waals surface area contributed by atoms with Crippen molar-refractivity contribution in [2.24, 2.45) is 0 Å². The maximum atomic E-state index is 12.4. The highest BCUT2D eigenvalue weighted by Gasteiger charge is 2.13. The first kappa shape index (κ1) is 23.4. The summed E-state index contributed by atoms with van der Waals surface area (Å²) in [6.45, 7) is 8.64. The van der Waals surface area contributed by atoms with E-state index in [0.717, 1.165) is 11.1 Å². The molecule has 3 aromatic rings. The van der Waals surface area contributed by atoms with E-state index in [2.05, 4.69) is 36.4 Å². The smallest absolute Gasteiger partial charge is 0.338 e. The van der Waals surface area contributed by atoms with E-state index in [-0.39, 0.29) is 13.2 Å². The second kappa shape index (κ2) is 10.8. The molecule has 32 heavy (non-hydrogen) atoms. The molecule has 3 aromatic carbocycles. The summed E-state index contributed by atoms with van der Waals surface area (Å²) >= 11 is 0. The lowest BCUT2D eigenvalue weighted by Crippen LogP contribution is -2.09. The number of hydrogen-bond donors (Lipinski definition) is 1. The van der Waals surface area contributed by atoms with Gasteiger partial charge in [0.2, 0.25) is 0 Å². The first-order valence-corrected chi connectivity index (χ1v) is 10.7. The van der Waals surface area contributed by atoms with E-state index in [1.165, 1.54) is 22.3 Å². The van der Waals surface area contributed by atoms with Crippen molar-refractivity contribution in [3.05, 3.63) is 93.5 Å². The molecule has 1 N–H and O–H groups in total. The lowest BCUT2D eigenvalue weighted by molar-refractivity contribution is 0.0432. The molecule has 0 atom stereocenters. The van der Waals surface area contributed by atoms with Crippen LogP contribution in [-0.2, 0) is 18.0 Å². The number of aliphatic hydroxyl groups is 1. The first-order valence-electron chi connectivity index (χ1n) is 10.7. The maximum Gasteiger partial charge on any atom is 0.338 e. The Hall–Kier alpha value is -3.31. The van der Waals surface area contributed by atoms with Crippen LogP contribution < -0.4 is 9.47 Å². The van der Waals surface area contributed by atoms with Crippen LogP contribution in [0.5, 0.6) is 11.5 Å². The third-order valence-electron chi connectivity index (χ3n) is 4.81. The summed E-state index contributed by atoms with van der Waals surface area (Å²) in [5, 5.41) is 8.95. The molecular weight excluding hydrogens is 404 g/mol. The lowest BCUT2D eigenvalue weighted by atomic mass is 10.1. The number of hydrogen-bond acceptors (Lipinski definition) is 5. The molecule has 0 saturated carbocycles. The van der Waals surface area contributed by atoms with E-state index in [4.69, 9.17) is 19.3 Å². The number of carbonyl (C=O) groups excluding carboxylic acids is 1. The average molecular weight is 435 g/mol. The van der Waals surface area contributed by atoms with Gasteiger partial charge in [-0.15, -0.1) is 0 Å². The van der Waals surface area contributed by atoms with Crippen molar-refractivity contribution < 1.29 is 24.1 Å². The zero-order chi connectivity index (χ0) is 23.1. The van der Waals surface area contributed by atoms with Gasteiger partial charge in [-0.05, 0) is 51.0 Å². The molecule has 168 valence electrons. The van der Waals surface area contributed by atoms with Gasteiger partial charge >= 0.3 is 5.97 Å². The molecule has 0 heterocycles. The van der Waals surface area contributed by atoms with Crippen LogP contribution in [0.3, 0.4) is 0 Å². The molecule has 0 unspecified atom stereocenters. The van der Waals surface area contributed by atoms with Crippen LogP contribution in [0, 0.1) is 27.7 Å². The van der Waals surface area contributed by atoms with Gasteiger partial charge in [0, 0.05) is 6.07 Å². The van der Waals surface area contributed by atoms with Crippen molar-refractivity contribution in [2.75, 3.05) is 13.2 Å². The van der Waals surface area contributed by atoms with Crippen molar-refractivity contribution in [3.63, 3.8) is 0 Å². The minimum atomic E-state index is -0.535. The fraction of sp³-hybridized carbons (Fsp3) is 0.296. The Bertz CT molecular complexity index is 973. The number of aryl methyl sites for hydroxylation is 4. The van der Waals surface area contributed by atoms with Crippen LogP contribution in [0.15, 0.2) is 54.6 Å². The Labute approximate surface area is 189 Å². The molecule has 5 nitrogen and oxygen atoms in total. The summed E-state index contributed by atoms with van der Waals surface area (Å²) in [6, 6.07) is 17.5. The van der Waals surface area contributed by atoms with Crippen LogP contribution in [0.1, 0.15) is 43.7 Å². The average Bonchev–Trinajstić information content (AvgIpc) is 2.73. The van der Waals surface area contributed by atoms with Crippen molar-refractivity contribution in [1.29, 1.82) is 0 Å². The fourth-order valence-corrected chi connectivity index (χ4v) is 3.72. The summed E-state index contributed by atoms with van der Waals surface area (Å²) < 4.78 is 17.1. The number of aliphatic hydroxyl groups excluding tert-OH is 1. The largest absolute Gasteiger partial charge is 0.489 e. The highest BCUT2D eigenvalue weighted by atomic mass is 16.5. The van der Waals surface area contributed by atoms with Gasteiger partial charge < -0.3 is 19.3 Å². The van der Waals surface area contributed by atoms with E-state index >= 15 is 0 Å². The third kappa shape index (κ3) is 6.86. The standard InChI is InChI=1S/C27H30O5/c1-18-7-19(2)10-22(9-18)16-31-25-13-24(27(29)30-6-5-28)14-26(15-25)32-17-23-11-20(3)8-21(4)12-23/h7-15,28H,5-6,16-17H2,1-4H3. The summed E-state index contributed by atoms with van der Waals surface area (Å²) in [5.74, 6) is 0.489. The SMILES string of the molecule is Cc1cc(C)cc(COc2cc(OCc3cc(C)cc(C)c3)cc(C(=O)OCCO)c2)c1. The molecule has 0 bridgehead atoms. The van der Waals surface area contributed by atoms with Crippen molar-refractivity contribution in [1.82, 2.24) is 0 Å². The molecule has 0 spiro atoms. The summed E-state index contributed by atoms with van der Waals surface area (Å²) in [5.41, 5.74) is 7.09. The second-order valence-electron chi connectivity index (χ2n) is 8.12. The zero-order valence-corrected chi connectivity index (χ0v) is 19.1. The van der Waals surface area contributed by atoms with Crippen molar-refractivity contribution >= 4 is 5.97 Å².